The first-order chi connectivity index (χ1) is 7.22. The average molecular weight is 224 g/mol. The number of nitrogens with two attached hydrogens (primary N) is 1. The molecule has 0 saturated heterocycles. The van der Waals surface area contributed by atoms with E-state index >= 15 is 0 Å². The van der Waals surface area contributed by atoms with Crippen molar-refractivity contribution in [3.8, 4) is 0 Å². The molecule has 0 radical (unpaired) electrons. The van der Waals surface area contributed by atoms with Crippen LogP contribution in [0.5, 0.6) is 0 Å². The second-order valence-electron chi connectivity index (χ2n) is 3.33. The monoisotopic (exact) mass is 224 g/mol. The van der Waals surface area contributed by atoms with E-state index in [2.05, 4.69) is 4.98 Å². The van der Waals surface area contributed by atoms with E-state index in [1.165, 1.54) is 0 Å². The number of nitrogens with zero attached hydrogens (tertiary/aromatic N) is 1. The Balaban J connectivity index is 2.35. The molecule has 80 valence electrons. The largest absolute Gasteiger partial charge is 0.389 e. The van der Waals surface area contributed by atoms with Crippen LogP contribution in [-0.2, 0) is 0 Å². The third-order valence-electron chi connectivity index (χ3n) is 2.30. The summed E-state index contributed by atoms with van der Waals surface area (Å²) in [4.78, 5) is 4.14. The minimum atomic E-state index is -0.943. The first-order valence-corrected chi connectivity index (χ1v) is 5.49. The Kier molecular flexibility index (Phi) is 2.97. The third-order valence-corrected chi connectivity index (χ3v) is 3.11. The SMILES string of the molecule is NCC(O)C(O)c1ccc2scnc2c1. The number of benzene rings is 1. The quantitative estimate of drug-likeness (QED) is 0.715. The minimum Gasteiger partial charge on any atom is -0.389 e. The molecule has 4 nitrogen and oxygen atoms in total. The van der Waals surface area contributed by atoms with Gasteiger partial charge in [0.1, 0.15) is 6.10 Å². The van der Waals surface area contributed by atoms with Gasteiger partial charge in [-0.3, -0.25) is 0 Å². The Morgan fingerprint density at radius 1 is 1.40 bits per heavy atom. The van der Waals surface area contributed by atoms with Gasteiger partial charge in [0.05, 0.1) is 21.8 Å². The number of hydrogen-bond donors (Lipinski definition) is 3. The molecule has 0 aliphatic rings. The summed E-state index contributed by atoms with van der Waals surface area (Å²) in [5.41, 5.74) is 8.51. The van der Waals surface area contributed by atoms with Crippen LogP contribution in [-0.4, -0.2) is 27.8 Å². The topological polar surface area (TPSA) is 79.4 Å². The zero-order chi connectivity index (χ0) is 10.8. The summed E-state index contributed by atoms with van der Waals surface area (Å²) in [5.74, 6) is 0. The van der Waals surface area contributed by atoms with Crippen LogP contribution in [0.25, 0.3) is 10.2 Å². The lowest BCUT2D eigenvalue weighted by Gasteiger charge is -2.15. The fourth-order valence-corrected chi connectivity index (χ4v) is 2.07. The lowest BCUT2D eigenvalue weighted by atomic mass is 10.0. The Labute approximate surface area is 91.0 Å². The molecular formula is C10H12N2O2S. The van der Waals surface area contributed by atoms with Crippen LogP contribution in [0.15, 0.2) is 23.7 Å². The van der Waals surface area contributed by atoms with Crippen molar-refractivity contribution in [1.82, 2.24) is 4.98 Å². The van der Waals surface area contributed by atoms with Gasteiger partial charge in [0.2, 0.25) is 0 Å². The fourth-order valence-electron chi connectivity index (χ4n) is 1.41. The molecule has 0 saturated carbocycles. The molecule has 0 aliphatic heterocycles. The van der Waals surface area contributed by atoms with E-state index in [0.29, 0.717) is 5.56 Å². The molecule has 1 aromatic carbocycles. The van der Waals surface area contributed by atoms with Crippen molar-refractivity contribution in [3.05, 3.63) is 29.3 Å². The van der Waals surface area contributed by atoms with Gasteiger partial charge in [0, 0.05) is 6.54 Å². The van der Waals surface area contributed by atoms with Crippen molar-refractivity contribution < 1.29 is 10.2 Å². The van der Waals surface area contributed by atoms with Crippen LogP contribution in [0.2, 0.25) is 0 Å². The number of hydrogen-bond acceptors (Lipinski definition) is 5. The second kappa shape index (κ2) is 4.24. The molecule has 1 heterocycles. The summed E-state index contributed by atoms with van der Waals surface area (Å²) in [5, 5.41) is 19.1. The molecular weight excluding hydrogens is 212 g/mol. The van der Waals surface area contributed by atoms with Crippen LogP contribution < -0.4 is 5.73 Å². The minimum absolute atomic E-state index is 0.0380. The summed E-state index contributed by atoms with van der Waals surface area (Å²) < 4.78 is 1.06. The third kappa shape index (κ3) is 2.00. The number of rotatable bonds is 3. The molecule has 0 bridgehead atoms. The lowest BCUT2D eigenvalue weighted by molar-refractivity contribution is 0.0244. The molecule has 2 rings (SSSR count). The van der Waals surface area contributed by atoms with Crippen LogP contribution in [0, 0.1) is 0 Å². The zero-order valence-electron chi connectivity index (χ0n) is 8.00. The molecule has 0 amide bonds. The highest BCUT2D eigenvalue weighted by Gasteiger charge is 2.17. The van der Waals surface area contributed by atoms with Gasteiger partial charge in [-0.25, -0.2) is 4.98 Å². The molecule has 2 aromatic rings. The van der Waals surface area contributed by atoms with Crippen molar-refractivity contribution in [1.29, 1.82) is 0 Å². The van der Waals surface area contributed by atoms with Gasteiger partial charge in [-0.2, -0.15) is 0 Å². The number of fused-ring (bicyclic) bond motifs is 1. The van der Waals surface area contributed by atoms with Crippen molar-refractivity contribution in [2.24, 2.45) is 5.73 Å². The predicted molar refractivity (Wildman–Crippen MR) is 59.6 cm³/mol. The van der Waals surface area contributed by atoms with Crippen LogP contribution >= 0.6 is 11.3 Å². The normalized spacial score (nSPS) is 15.4. The highest BCUT2D eigenvalue weighted by Crippen LogP contribution is 2.23. The van der Waals surface area contributed by atoms with E-state index < -0.39 is 12.2 Å². The van der Waals surface area contributed by atoms with E-state index in [1.807, 2.05) is 6.07 Å². The van der Waals surface area contributed by atoms with Crippen molar-refractivity contribution in [3.63, 3.8) is 0 Å². The fraction of sp³-hybridized carbons (Fsp3) is 0.300. The summed E-state index contributed by atoms with van der Waals surface area (Å²) in [6.45, 7) is 0.0380. The standard InChI is InChI=1S/C10H12N2O2S/c11-4-8(13)10(14)6-1-2-9-7(3-6)12-5-15-9/h1-3,5,8,10,13-14H,4,11H2. The molecule has 1 aromatic heterocycles. The Bertz CT molecular complexity index is 457. The first kappa shape index (κ1) is 10.5. The maximum Gasteiger partial charge on any atom is 0.106 e. The van der Waals surface area contributed by atoms with E-state index in [4.69, 9.17) is 5.73 Å². The summed E-state index contributed by atoms with van der Waals surface area (Å²) in [6, 6.07) is 5.44. The Morgan fingerprint density at radius 2 is 2.20 bits per heavy atom. The van der Waals surface area contributed by atoms with Gasteiger partial charge in [0.15, 0.2) is 0 Å². The predicted octanol–water partition coefficient (Wildman–Crippen LogP) is 0.649. The smallest absolute Gasteiger partial charge is 0.106 e. The number of thiazole rings is 1. The molecule has 2 unspecified atom stereocenters. The molecule has 5 heteroatoms. The lowest BCUT2D eigenvalue weighted by Crippen LogP contribution is -2.27. The molecule has 2 atom stereocenters. The van der Waals surface area contributed by atoms with E-state index in [-0.39, 0.29) is 6.54 Å². The zero-order valence-corrected chi connectivity index (χ0v) is 8.81. The number of aliphatic hydroxyl groups excluding tert-OH is 2. The van der Waals surface area contributed by atoms with Gasteiger partial charge < -0.3 is 15.9 Å². The van der Waals surface area contributed by atoms with Gasteiger partial charge in [-0.15, -0.1) is 11.3 Å². The van der Waals surface area contributed by atoms with Gasteiger partial charge in [-0.05, 0) is 17.7 Å². The van der Waals surface area contributed by atoms with Gasteiger partial charge in [0.25, 0.3) is 0 Å². The second-order valence-corrected chi connectivity index (χ2v) is 4.21. The molecule has 0 fully saturated rings. The molecule has 0 spiro atoms. The molecule has 4 N–H and O–H groups in total. The Morgan fingerprint density at radius 3 is 2.93 bits per heavy atom. The molecule has 15 heavy (non-hydrogen) atoms. The molecule has 0 aliphatic carbocycles. The maximum absolute atomic E-state index is 9.73. The average Bonchev–Trinajstić information content (AvgIpc) is 2.73. The number of aliphatic hydroxyl groups is 2. The first-order valence-electron chi connectivity index (χ1n) is 4.61. The van der Waals surface area contributed by atoms with Crippen LogP contribution in [0.1, 0.15) is 11.7 Å². The summed E-state index contributed by atoms with van der Waals surface area (Å²) >= 11 is 1.54. The summed E-state index contributed by atoms with van der Waals surface area (Å²) in [7, 11) is 0. The summed E-state index contributed by atoms with van der Waals surface area (Å²) in [6.07, 6.45) is -1.87. The van der Waals surface area contributed by atoms with Gasteiger partial charge in [-0.1, -0.05) is 6.07 Å². The number of aromatic nitrogens is 1. The van der Waals surface area contributed by atoms with Crippen molar-refractivity contribution in [2.75, 3.05) is 6.54 Å². The van der Waals surface area contributed by atoms with E-state index in [0.717, 1.165) is 10.2 Å². The highest BCUT2D eigenvalue weighted by atomic mass is 32.1. The maximum atomic E-state index is 9.73. The van der Waals surface area contributed by atoms with E-state index in [9.17, 15) is 10.2 Å². The van der Waals surface area contributed by atoms with Crippen molar-refractivity contribution in [2.45, 2.75) is 12.2 Å². The van der Waals surface area contributed by atoms with Crippen LogP contribution in [0.3, 0.4) is 0 Å². The Hall–Kier alpha value is -1.01. The van der Waals surface area contributed by atoms with Gasteiger partial charge >= 0.3 is 0 Å². The van der Waals surface area contributed by atoms with Crippen molar-refractivity contribution >= 4 is 21.6 Å². The highest BCUT2D eigenvalue weighted by molar-refractivity contribution is 7.16. The van der Waals surface area contributed by atoms with E-state index in [1.54, 1.807) is 29.0 Å². The van der Waals surface area contributed by atoms with Crippen LogP contribution in [0.4, 0.5) is 0 Å².